The van der Waals surface area contributed by atoms with E-state index in [1.165, 1.54) is 12.1 Å². The molecule has 0 spiro atoms. The van der Waals surface area contributed by atoms with Crippen LogP contribution in [0.1, 0.15) is 5.56 Å². The molecule has 0 saturated heterocycles. The van der Waals surface area contributed by atoms with Gasteiger partial charge in [0.15, 0.2) is 0 Å². The fourth-order valence-electron chi connectivity index (χ4n) is 1.99. The van der Waals surface area contributed by atoms with Crippen LogP contribution >= 0.6 is 0 Å². The topological polar surface area (TPSA) is 73.6 Å². The van der Waals surface area contributed by atoms with Crippen LogP contribution in [-0.4, -0.2) is 8.42 Å². The summed E-state index contributed by atoms with van der Waals surface area (Å²) in [5, 5.41) is 0.263. The first-order valence-electron chi connectivity index (χ1n) is 6.49. The first-order chi connectivity index (χ1) is 10.5. The van der Waals surface area contributed by atoms with Crippen molar-refractivity contribution in [3.63, 3.8) is 0 Å². The maximum absolute atomic E-state index is 12.2. The summed E-state index contributed by atoms with van der Waals surface area (Å²) in [5.41, 5.74) is 0.759. The van der Waals surface area contributed by atoms with Gasteiger partial charge < -0.3 is 8.60 Å². The molecule has 0 saturated carbocycles. The van der Waals surface area contributed by atoms with Gasteiger partial charge in [-0.15, -0.1) is 0 Å². The van der Waals surface area contributed by atoms with E-state index < -0.39 is 15.5 Å². The van der Waals surface area contributed by atoms with Crippen LogP contribution in [-0.2, 0) is 10.1 Å². The van der Waals surface area contributed by atoms with Crippen LogP contribution in [0.4, 0.5) is 0 Å². The first-order valence-corrected chi connectivity index (χ1v) is 7.90. The lowest BCUT2D eigenvalue weighted by Crippen LogP contribution is -2.15. The highest BCUT2D eigenvalue weighted by atomic mass is 32.2. The summed E-state index contributed by atoms with van der Waals surface area (Å²) in [4.78, 5) is 12.2. The van der Waals surface area contributed by atoms with Crippen molar-refractivity contribution < 1.29 is 17.0 Å². The summed E-state index contributed by atoms with van der Waals surface area (Å²) in [7, 11) is -4.08. The van der Waals surface area contributed by atoms with Crippen molar-refractivity contribution in [2.75, 3.05) is 0 Å². The van der Waals surface area contributed by atoms with Crippen LogP contribution in [0, 0.1) is 6.92 Å². The molecule has 5 nitrogen and oxygen atoms in total. The molecule has 3 aromatic rings. The molecular formula is C16H12O5S. The van der Waals surface area contributed by atoms with Crippen molar-refractivity contribution in [2.45, 2.75) is 11.8 Å². The van der Waals surface area contributed by atoms with Crippen molar-refractivity contribution in [1.82, 2.24) is 0 Å². The highest BCUT2D eigenvalue weighted by molar-refractivity contribution is 7.87. The molecule has 112 valence electrons. The molecule has 0 bridgehead atoms. The monoisotopic (exact) mass is 316 g/mol. The standard InChI is InChI=1S/C16H12O5S/c1-11-6-8-12(9-7-11)22(18,19)21-15-10-20-14-5-3-2-4-13(14)16(15)17/h2-10H,1H3. The van der Waals surface area contributed by atoms with Crippen LogP contribution in [0.15, 0.2) is 68.9 Å². The van der Waals surface area contributed by atoms with Gasteiger partial charge in [0.1, 0.15) is 16.7 Å². The number of rotatable bonds is 3. The second-order valence-electron chi connectivity index (χ2n) is 4.78. The number of hydrogen-bond donors (Lipinski definition) is 0. The maximum atomic E-state index is 12.2. The first kappa shape index (κ1) is 14.3. The van der Waals surface area contributed by atoms with Gasteiger partial charge in [0.05, 0.1) is 5.39 Å². The minimum Gasteiger partial charge on any atom is -0.460 e. The molecule has 0 aliphatic heterocycles. The molecule has 1 heterocycles. The fourth-order valence-corrected chi connectivity index (χ4v) is 2.91. The second-order valence-corrected chi connectivity index (χ2v) is 6.32. The van der Waals surface area contributed by atoms with E-state index in [9.17, 15) is 13.2 Å². The SMILES string of the molecule is Cc1ccc(S(=O)(=O)Oc2coc3ccccc3c2=O)cc1. The Morgan fingerprint density at radius 2 is 1.68 bits per heavy atom. The van der Waals surface area contributed by atoms with Gasteiger partial charge in [-0.2, -0.15) is 8.42 Å². The van der Waals surface area contributed by atoms with Crippen molar-refractivity contribution in [3.8, 4) is 5.75 Å². The van der Waals surface area contributed by atoms with Gasteiger partial charge in [0, 0.05) is 0 Å². The number of para-hydroxylation sites is 1. The fraction of sp³-hybridized carbons (Fsp3) is 0.0625. The predicted octanol–water partition coefficient (Wildman–Crippen LogP) is 2.87. The summed E-state index contributed by atoms with van der Waals surface area (Å²) in [6.45, 7) is 1.84. The van der Waals surface area contributed by atoms with Gasteiger partial charge in [0.2, 0.25) is 11.2 Å². The zero-order valence-corrected chi connectivity index (χ0v) is 12.5. The summed E-state index contributed by atoms with van der Waals surface area (Å²) in [5.74, 6) is -0.362. The smallest absolute Gasteiger partial charge is 0.339 e. The molecule has 0 atom stereocenters. The summed E-state index contributed by atoms with van der Waals surface area (Å²) >= 11 is 0. The molecule has 1 aromatic heterocycles. The lowest BCUT2D eigenvalue weighted by molar-refractivity contribution is 0.467. The van der Waals surface area contributed by atoms with Gasteiger partial charge in [-0.25, -0.2) is 0 Å². The number of hydrogen-bond acceptors (Lipinski definition) is 5. The van der Waals surface area contributed by atoms with Gasteiger partial charge in [0.25, 0.3) is 0 Å². The third-order valence-electron chi connectivity index (χ3n) is 3.16. The number of aryl methyl sites for hydroxylation is 1. The minimum atomic E-state index is -4.08. The predicted molar refractivity (Wildman–Crippen MR) is 81.5 cm³/mol. The Bertz CT molecular complexity index is 985. The average Bonchev–Trinajstić information content (AvgIpc) is 2.51. The molecule has 0 fully saturated rings. The van der Waals surface area contributed by atoms with Crippen molar-refractivity contribution in [2.24, 2.45) is 0 Å². The molecule has 0 radical (unpaired) electrons. The molecule has 0 unspecified atom stereocenters. The number of benzene rings is 2. The van der Waals surface area contributed by atoms with Crippen LogP contribution in [0.25, 0.3) is 11.0 Å². The summed E-state index contributed by atoms with van der Waals surface area (Å²) < 4.78 is 34.6. The average molecular weight is 316 g/mol. The Balaban J connectivity index is 2.04. The van der Waals surface area contributed by atoms with E-state index in [1.807, 2.05) is 6.92 Å². The lowest BCUT2D eigenvalue weighted by atomic mass is 10.2. The highest BCUT2D eigenvalue weighted by Gasteiger charge is 2.19. The van der Waals surface area contributed by atoms with Gasteiger partial charge in [-0.3, -0.25) is 4.79 Å². The van der Waals surface area contributed by atoms with E-state index in [2.05, 4.69) is 0 Å². The van der Waals surface area contributed by atoms with Crippen molar-refractivity contribution in [1.29, 1.82) is 0 Å². The van der Waals surface area contributed by atoms with Gasteiger partial charge >= 0.3 is 10.1 Å². The van der Waals surface area contributed by atoms with E-state index >= 15 is 0 Å². The number of fused-ring (bicyclic) bond motifs is 1. The van der Waals surface area contributed by atoms with Crippen molar-refractivity contribution >= 4 is 21.1 Å². The Morgan fingerprint density at radius 3 is 2.41 bits per heavy atom. The Labute approximate surface area is 126 Å². The van der Waals surface area contributed by atoms with E-state index in [1.54, 1.807) is 36.4 Å². The van der Waals surface area contributed by atoms with E-state index in [0.717, 1.165) is 11.8 Å². The third-order valence-corrected chi connectivity index (χ3v) is 4.41. The Kier molecular flexibility index (Phi) is 3.46. The molecule has 0 amide bonds. The van der Waals surface area contributed by atoms with E-state index in [-0.39, 0.29) is 16.0 Å². The normalized spacial score (nSPS) is 11.5. The van der Waals surface area contributed by atoms with Crippen molar-refractivity contribution in [3.05, 3.63) is 70.6 Å². The van der Waals surface area contributed by atoms with Crippen LogP contribution < -0.4 is 9.61 Å². The zero-order chi connectivity index (χ0) is 15.7. The van der Waals surface area contributed by atoms with Crippen LogP contribution in [0.5, 0.6) is 5.75 Å². The van der Waals surface area contributed by atoms with Crippen LogP contribution in [0.3, 0.4) is 0 Å². The molecule has 0 N–H and O–H groups in total. The highest BCUT2D eigenvalue weighted by Crippen LogP contribution is 2.19. The minimum absolute atomic E-state index is 0.0225. The molecule has 3 rings (SSSR count). The van der Waals surface area contributed by atoms with E-state index in [4.69, 9.17) is 8.60 Å². The molecule has 2 aromatic carbocycles. The quantitative estimate of drug-likeness (QED) is 0.695. The maximum Gasteiger partial charge on any atom is 0.339 e. The van der Waals surface area contributed by atoms with Gasteiger partial charge in [-0.05, 0) is 31.2 Å². The Hall–Kier alpha value is -2.60. The molecule has 22 heavy (non-hydrogen) atoms. The largest absolute Gasteiger partial charge is 0.460 e. The lowest BCUT2D eigenvalue weighted by Gasteiger charge is -2.07. The molecule has 6 heteroatoms. The zero-order valence-electron chi connectivity index (χ0n) is 11.6. The van der Waals surface area contributed by atoms with Crippen LogP contribution in [0.2, 0.25) is 0 Å². The molecule has 0 aliphatic carbocycles. The Morgan fingerprint density at radius 1 is 1.00 bits per heavy atom. The molecule has 0 aliphatic rings. The second kappa shape index (κ2) is 5.31. The van der Waals surface area contributed by atoms with E-state index in [0.29, 0.717) is 5.58 Å². The third kappa shape index (κ3) is 2.60. The summed E-state index contributed by atoms with van der Waals surface area (Å²) in [6, 6.07) is 12.7. The van der Waals surface area contributed by atoms with Gasteiger partial charge in [-0.1, -0.05) is 29.8 Å². The summed E-state index contributed by atoms with van der Waals surface area (Å²) in [6.07, 6.45) is 1.01. The molecular weight excluding hydrogens is 304 g/mol.